The molecule has 1 aliphatic heterocycles. The highest BCUT2D eigenvalue weighted by Gasteiger charge is 2.35. The lowest BCUT2D eigenvalue weighted by atomic mass is 10.0. The molecule has 1 heterocycles. The molecule has 1 amide bonds. The first kappa shape index (κ1) is 17.5. The van der Waals surface area contributed by atoms with Crippen LogP contribution in [0.3, 0.4) is 0 Å². The molecule has 1 radical (unpaired) electrons. The van der Waals surface area contributed by atoms with E-state index in [1.807, 2.05) is 12.1 Å². The number of hydrogen-bond donors (Lipinski definition) is 1. The predicted molar refractivity (Wildman–Crippen MR) is 99.0 cm³/mol. The first-order chi connectivity index (χ1) is 12.6. The molecule has 0 spiro atoms. The molecule has 0 aromatic heterocycles. The van der Waals surface area contributed by atoms with Gasteiger partial charge >= 0.3 is 5.97 Å². The molecule has 0 bridgehead atoms. The molecule has 6 heteroatoms. The molecular formula is C20H26N3O3. The van der Waals surface area contributed by atoms with Crippen LogP contribution in [-0.4, -0.2) is 61.0 Å². The fraction of sp³-hybridized carbons (Fsp3) is 0.550. The summed E-state index contributed by atoms with van der Waals surface area (Å²) >= 11 is 0. The fourth-order valence-corrected chi connectivity index (χ4v) is 4.24. The molecule has 1 saturated heterocycles. The van der Waals surface area contributed by atoms with E-state index in [0.717, 1.165) is 44.2 Å². The van der Waals surface area contributed by atoms with Crippen LogP contribution in [0.1, 0.15) is 53.7 Å². The third kappa shape index (κ3) is 3.35. The number of nitrogens with one attached hydrogen (secondary N) is 1. The normalized spacial score (nSPS) is 23.5. The van der Waals surface area contributed by atoms with Gasteiger partial charge in [0.25, 0.3) is 0 Å². The maximum absolute atomic E-state index is 12.2. The van der Waals surface area contributed by atoms with Crippen molar-refractivity contribution < 1.29 is 14.3 Å². The van der Waals surface area contributed by atoms with Crippen LogP contribution in [0, 0.1) is 6.42 Å². The van der Waals surface area contributed by atoms with Crippen molar-refractivity contribution in [2.75, 3.05) is 38.6 Å². The van der Waals surface area contributed by atoms with E-state index in [-0.39, 0.29) is 5.91 Å². The van der Waals surface area contributed by atoms with Gasteiger partial charge in [-0.15, -0.1) is 0 Å². The first-order valence-corrected chi connectivity index (χ1v) is 9.42. The largest absolute Gasteiger partial charge is 0.465 e. The molecule has 1 N–H and O–H groups in total. The monoisotopic (exact) mass is 356 g/mol. The van der Waals surface area contributed by atoms with E-state index in [1.165, 1.54) is 32.4 Å². The van der Waals surface area contributed by atoms with Crippen molar-refractivity contribution >= 4 is 17.6 Å². The minimum absolute atomic E-state index is 0.194. The number of esters is 1. The summed E-state index contributed by atoms with van der Waals surface area (Å²) in [5.41, 5.74) is 3.23. The van der Waals surface area contributed by atoms with Crippen LogP contribution in [0.2, 0.25) is 0 Å². The van der Waals surface area contributed by atoms with Gasteiger partial charge in [0.05, 0.1) is 18.4 Å². The van der Waals surface area contributed by atoms with Crippen LogP contribution in [-0.2, 0) is 9.53 Å². The van der Waals surface area contributed by atoms with Crippen LogP contribution < -0.4 is 5.32 Å². The number of carbonyl (C=O) groups is 2. The van der Waals surface area contributed by atoms with Gasteiger partial charge in [0.15, 0.2) is 0 Å². The van der Waals surface area contributed by atoms with Gasteiger partial charge in [-0.25, -0.2) is 4.79 Å². The number of piperazine rings is 1. The molecule has 1 unspecified atom stereocenters. The molecule has 1 aromatic carbocycles. The van der Waals surface area contributed by atoms with Crippen LogP contribution in [0.15, 0.2) is 12.1 Å². The second kappa shape index (κ2) is 7.00. The number of rotatable bonds is 4. The Labute approximate surface area is 154 Å². The number of fused-ring (bicyclic) bond motifs is 1. The highest BCUT2D eigenvalue weighted by Crippen LogP contribution is 2.40. The Morgan fingerprint density at radius 3 is 2.42 bits per heavy atom. The Kier molecular flexibility index (Phi) is 4.71. The zero-order chi connectivity index (χ0) is 18.3. The van der Waals surface area contributed by atoms with Crippen molar-refractivity contribution in [3.8, 4) is 0 Å². The molecule has 139 valence electrons. The van der Waals surface area contributed by atoms with E-state index in [4.69, 9.17) is 4.74 Å². The molecule has 2 aliphatic carbocycles. The fourth-order valence-electron chi connectivity index (χ4n) is 4.24. The smallest absolute Gasteiger partial charge is 0.339 e. The Morgan fingerprint density at radius 2 is 1.81 bits per heavy atom. The minimum Gasteiger partial charge on any atom is -0.465 e. The maximum atomic E-state index is 12.2. The van der Waals surface area contributed by atoms with Gasteiger partial charge < -0.3 is 10.1 Å². The first-order valence-electron chi connectivity index (χ1n) is 9.42. The van der Waals surface area contributed by atoms with Crippen molar-refractivity contribution in [1.29, 1.82) is 0 Å². The SMILES string of the molecule is COC(=O)c1cc2c(cc1NC(C)=O)[CH]CC2N1CCN(C2CC2)CC1. The van der Waals surface area contributed by atoms with Crippen molar-refractivity contribution in [1.82, 2.24) is 9.80 Å². The number of hydrogen-bond acceptors (Lipinski definition) is 5. The van der Waals surface area contributed by atoms with E-state index in [2.05, 4.69) is 21.5 Å². The zero-order valence-electron chi connectivity index (χ0n) is 15.5. The summed E-state index contributed by atoms with van der Waals surface area (Å²) in [6.45, 7) is 5.83. The number of anilines is 1. The van der Waals surface area contributed by atoms with E-state index in [1.54, 1.807) is 0 Å². The second-order valence-electron chi connectivity index (χ2n) is 7.46. The molecule has 1 atom stereocenters. The lowest BCUT2D eigenvalue weighted by Crippen LogP contribution is -2.48. The standard InChI is InChI=1S/C20H26N3O3/c1-13(24)21-18-11-14-3-6-19(16(14)12-17(18)20(25)26-2)23-9-7-22(8-10-23)15-4-5-15/h3,11-12,15,19H,4-10H2,1-2H3,(H,21,24). The number of benzene rings is 1. The average Bonchev–Trinajstić information content (AvgIpc) is 3.40. The Bertz CT molecular complexity index is 721. The molecule has 1 aromatic rings. The van der Waals surface area contributed by atoms with Crippen molar-refractivity contribution in [3.63, 3.8) is 0 Å². The van der Waals surface area contributed by atoms with Gasteiger partial charge in [-0.3, -0.25) is 14.6 Å². The van der Waals surface area contributed by atoms with Crippen molar-refractivity contribution in [2.45, 2.75) is 38.3 Å². The van der Waals surface area contributed by atoms with Gasteiger partial charge in [-0.2, -0.15) is 0 Å². The number of carbonyl (C=O) groups excluding carboxylic acids is 2. The maximum Gasteiger partial charge on any atom is 0.339 e. The number of methoxy groups -OCH3 is 1. The van der Waals surface area contributed by atoms with Crippen LogP contribution in [0.5, 0.6) is 0 Å². The van der Waals surface area contributed by atoms with Gasteiger partial charge in [0, 0.05) is 45.2 Å². The minimum atomic E-state index is -0.416. The summed E-state index contributed by atoms with van der Waals surface area (Å²) < 4.78 is 4.93. The van der Waals surface area contributed by atoms with Gasteiger partial charge in [-0.1, -0.05) is 0 Å². The third-order valence-electron chi connectivity index (χ3n) is 5.71. The lowest BCUT2D eigenvalue weighted by Gasteiger charge is -2.38. The predicted octanol–water partition coefficient (Wildman–Crippen LogP) is 2.21. The molecule has 26 heavy (non-hydrogen) atoms. The number of amides is 1. The molecule has 1 saturated carbocycles. The van der Waals surface area contributed by atoms with Gasteiger partial charge in [0.1, 0.15) is 0 Å². The van der Waals surface area contributed by atoms with E-state index >= 15 is 0 Å². The molecule has 2 fully saturated rings. The van der Waals surface area contributed by atoms with E-state index in [0.29, 0.717) is 17.3 Å². The summed E-state index contributed by atoms with van der Waals surface area (Å²) in [6.07, 6.45) is 5.87. The van der Waals surface area contributed by atoms with Crippen molar-refractivity contribution in [2.24, 2.45) is 0 Å². The Balaban J connectivity index is 1.57. The van der Waals surface area contributed by atoms with Gasteiger partial charge in [-0.05, 0) is 48.9 Å². The Hall–Kier alpha value is -1.92. The lowest BCUT2D eigenvalue weighted by molar-refractivity contribution is -0.114. The number of ether oxygens (including phenoxy) is 1. The summed E-state index contributed by atoms with van der Waals surface area (Å²) in [5, 5.41) is 2.76. The second-order valence-corrected chi connectivity index (χ2v) is 7.46. The average molecular weight is 356 g/mol. The quantitative estimate of drug-likeness (QED) is 0.838. The van der Waals surface area contributed by atoms with Crippen molar-refractivity contribution in [3.05, 3.63) is 35.2 Å². The number of nitrogens with zero attached hydrogens (tertiary/aromatic N) is 2. The van der Waals surface area contributed by atoms with Crippen LogP contribution in [0.25, 0.3) is 0 Å². The Morgan fingerprint density at radius 1 is 1.12 bits per heavy atom. The summed E-state index contributed by atoms with van der Waals surface area (Å²) in [6, 6.07) is 4.95. The highest BCUT2D eigenvalue weighted by molar-refractivity contribution is 6.01. The molecule has 3 aliphatic rings. The van der Waals surface area contributed by atoms with E-state index < -0.39 is 5.97 Å². The zero-order valence-corrected chi connectivity index (χ0v) is 15.5. The highest BCUT2D eigenvalue weighted by atomic mass is 16.5. The summed E-state index contributed by atoms with van der Waals surface area (Å²) in [4.78, 5) is 28.8. The summed E-state index contributed by atoms with van der Waals surface area (Å²) in [5.74, 6) is -0.610. The summed E-state index contributed by atoms with van der Waals surface area (Å²) in [7, 11) is 1.37. The molecular weight excluding hydrogens is 330 g/mol. The topological polar surface area (TPSA) is 61.9 Å². The van der Waals surface area contributed by atoms with Crippen LogP contribution >= 0.6 is 0 Å². The van der Waals surface area contributed by atoms with Gasteiger partial charge in [0.2, 0.25) is 5.91 Å². The third-order valence-corrected chi connectivity index (χ3v) is 5.71. The molecule has 4 rings (SSSR count). The molecule has 6 nitrogen and oxygen atoms in total. The van der Waals surface area contributed by atoms with E-state index in [9.17, 15) is 9.59 Å². The van der Waals surface area contributed by atoms with Crippen LogP contribution in [0.4, 0.5) is 5.69 Å².